The molecule has 8 N–H and O–H groups in total. The van der Waals surface area contributed by atoms with E-state index in [0.717, 1.165) is 11.1 Å². The third-order valence-electron chi connectivity index (χ3n) is 6.63. The number of ether oxygens (including phenoxy) is 1. The van der Waals surface area contributed by atoms with Gasteiger partial charge < -0.3 is 37.3 Å². The van der Waals surface area contributed by atoms with E-state index in [-0.39, 0.29) is 19.7 Å². The number of hydrogen-bond acceptors (Lipinski definition) is 7. The van der Waals surface area contributed by atoms with E-state index in [4.69, 9.17) is 32.9 Å². The van der Waals surface area contributed by atoms with E-state index in [1.165, 1.54) is 11.1 Å². The quantitative estimate of drug-likeness (QED) is 0.159. The molecule has 11 nitrogen and oxygen atoms in total. The maximum absolute atomic E-state index is 12.0. The van der Waals surface area contributed by atoms with Crippen LogP contribution in [0.15, 0.2) is 66.7 Å². The van der Waals surface area contributed by atoms with Crippen molar-refractivity contribution in [3.63, 3.8) is 0 Å². The number of phenols is 1. The lowest BCUT2D eigenvalue weighted by molar-refractivity contribution is -0.129. The molecular weight excluding hydrogens is 610 g/mol. The zero-order valence-corrected chi connectivity index (χ0v) is 27.7. The number of rotatable bonds is 12. The zero-order valence-electron chi connectivity index (χ0n) is 26.9. The van der Waals surface area contributed by atoms with Crippen LogP contribution in [0.4, 0.5) is 4.79 Å². The van der Waals surface area contributed by atoms with Crippen molar-refractivity contribution in [2.24, 2.45) is 11.5 Å². The Morgan fingerprint density at radius 2 is 1.50 bits per heavy atom. The number of alkyl carbamates (subject to hydrolysis) is 1. The highest BCUT2D eigenvalue weighted by molar-refractivity contribution is 6.31. The van der Waals surface area contributed by atoms with Crippen LogP contribution in [0.25, 0.3) is 0 Å². The summed E-state index contributed by atoms with van der Waals surface area (Å²) in [7, 11) is 0. The Kier molecular flexibility index (Phi) is 18.8. The van der Waals surface area contributed by atoms with Crippen molar-refractivity contribution >= 4 is 35.4 Å². The van der Waals surface area contributed by atoms with Crippen LogP contribution >= 0.6 is 11.6 Å². The summed E-state index contributed by atoms with van der Waals surface area (Å²) in [4.78, 5) is 46.0. The van der Waals surface area contributed by atoms with E-state index >= 15 is 0 Å². The molecule has 0 aliphatic carbocycles. The van der Waals surface area contributed by atoms with Crippen molar-refractivity contribution < 1.29 is 29.0 Å². The van der Waals surface area contributed by atoms with Crippen molar-refractivity contribution in [2.75, 3.05) is 19.6 Å². The minimum absolute atomic E-state index is 0.0543. The first-order chi connectivity index (χ1) is 21.8. The number of amides is 4. The summed E-state index contributed by atoms with van der Waals surface area (Å²) in [6.07, 6.45) is 0.771. The van der Waals surface area contributed by atoms with Gasteiger partial charge in [-0.05, 0) is 81.8 Å². The second kappa shape index (κ2) is 22.0. The van der Waals surface area contributed by atoms with Crippen molar-refractivity contribution in [1.82, 2.24) is 16.0 Å². The van der Waals surface area contributed by atoms with Gasteiger partial charge in [0.15, 0.2) is 0 Å². The lowest BCUT2D eigenvalue weighted by Gasteiger charge is -2.17. The smallest absolute Gasteiger partial charge is 0.407 e. The SMILES string of the molecule is Cc1cc(O)cc(C)c1C.Cc1ccccc1.NCC(=O)NC(CCCCNC(=O)OCc1ccccc1Cl)C(=O)NCC(N)=O. The number of halogens is 1. The van der Waals surface area contributed by atoms with Crippen LogP contribution in [0.5, 0.6) is 5.75 Å². The molecule has 0 bridgehead atoms. The number of unbranched alkanes of at least 4 members (excludes halogenated alkanes) is 1. The Bertz CT molecular complexity index is 1380. The van der Waals surface area contributed by atoms with Gasteiger partial charge in [0, 0.05) is 17.1 Å². The van der Waals surface area contributed by atoms with Crippen LogP contribution in [0.2, 0.25) is 5.02 Å². The fourth-order valence-corrected chi connectivity index (χ4v) is 4.03. The minimum atomic E-state index is -0.849. The molecule has 0 spiro atoms. The minimum Gasteiger partial charge on any atom is -0.508 e. The van der Waals surface area contributed by atoms with Crippen LogP contribution in [-0.4, -0.2) is 54.6 Å². The Morgan fingerprint density at radius 3 is 2.04 bits per heavy atom. The number of nitrogens with one attached hydrogen (secondary N) is 3. The molecule has 1 atom stereocenters. The van der Waals surface area contributed by atoms with Gasteiger partial charge in [0.2, 0.25) is 17.7 Å². The Balaban J connectivity index is 0.000000498. The summed E-state index contributed by atoms with van der Waals surface area (Å²) in [5.41, 5.74) is 15.8. The van der Waals surface area contributed by atoms with Crippen LogP contribution in [0.3, 0.4) is 0 Å². The number of phenolic OH excluding ortho intramolecular Hbond substituents is 1. The van der Waals surface area contributed by atoms with E-state index < -0.39 is 29.9 Å². The van der Waals surface area contributed by atoms with Crippen LogP contribution in [0.1, 0.15) is 47.1 Å². The molecule has 46 heavy (non-hydrogen) atoms. The van der Waals surface area contributed by atoms with Crippen molar-refractivity contribution in [2.45, 2.75) is 59.6 Å². The second-order valence-electron chi connectivity index (χ2n) is 10.5. The summed E-state index contributed by atoms with van der Waals surface area (Å²) >= 11 is 5.99. The molecule has 3 rings (SSSR count). The van der Waals surface area contributed by atoms with Gasteiger partial charge in [-0.3, -0.25) is 14.4 Å². The highest BCUT2D eigenvalue weighted by atomic mass is 35.5. The van der Waals surface area contributed by atoms with Crippen molar-refractivity contribution in [3.8, 4) is 5.75 Å². The highest BCUT2D eigenvalue weighted by Gasteiger charge is 2.20. The molecule has 250 valence electrons. The summed E-state index contributed by atoms with van der Waals surface area (Å²) in [5, 5.41) is 17.0. The number of nitrogens with two attached hydrogens (primary N) is 2. The van der Waals surface area contributed by atoms with E-state index in [0.29, 0.717) is 42.1 Å². The number of aromatic hydroxyl groups is 1. The van der Waals surface area contributed by atoms with Gasteiger partial charge in [0.1, 0.15) is 18.4 Å². The summed E-state index contributed by atoms with van der Waals surface area (Å²) < 4.78 is 5.08. The largest absolute Gasteiger partial charge is 0.508 e. The van der Waals surface area contributed by atoms with Gasteiger partial charge in [0.25, 0.3) is 0 Å². The lowest BCUT2D eigenvalue weighted by atomic mass is 10.0. The standard InChI is InChI=1S/C18H26ClN5O5.C9H12O.C7H8/c19-13-6-2-1-5-12(13)11-29-18(28)22-8-4-3-7-14(24-16(26)9-20)17(27)23-10-15(21)25;1-6-4-9(10)5-7(2)8(6)3;1-7-5-3-2-4-6-7/h1-2,5-6,14H,3-4,7-11,20H2,(H2,21,25)(H,22,28)(H,23,27)(H,24,26);4-5,10H,1-3H3;2-6H,1H3. The summed E-state index contributed by atoms with van der Waals surface area (Å²) in [5.74, 6) is -1.36. The van der Waals surface area contributed by atoms with E-state index in [1.54, 1.807) is 36.4 Å². The maximum Gasteiger partial charge on any atom is 0.407 e. The van der Waals surface area contributed by atoms with Crippen LogP contribution in [0, 0.1) is 27.7 Å². The van der Waals surface area contributed by atoms with Crippen LogP contribution < -0.4 is 27.4 Å². The molecule has 1 unspecified atom stereocenters. The highest BCUT2D eigenvalue weighted by Crippen LogP contribution is 2.19. The summed E-state index contributed by atoms with van der Waals surface area (Å²) in [6.45, 7) is 7.93. The van der Waals surface area contributed by atoms with Gasteiger partial charge in [-0.15, -0.1) is 0 Å². The van der Waals surface area contributed by atoms with E-state index in [2.05, 4.69) is 41.9 Å². The first-order valence-corrected chi connectivity index (χ1v) is 15.2. The molecule has 3 aromatic carbocycles. The predicted molar refractivity (Wildman–Crippen MR) is 180 cm³/mol. The Morgan fingerprint density at radius 1 is 0.891 bits per heavy atom. The molecule has 0 fully saturated rings. The number of aryl methyl sites for hydroxylation is 3. The number of benzene rings is 3. The topological polar surface area (TPSA) is 186 Å². The first kappa shape index (κ1) is 39.4. The summed E-state index contributed by atoms with van der Waals surface area (Å²) in [6, 6.07) is 20.0. The average Bonchev–Trinajstić information content (AvgIpc) is 3.02. The number of primary amides is 1. The fourth-order valence-electron chi connectivity index (χ4n) is 3.84. The number of hydrogen-bond donors (Lipinski definition) is 6. The number of carbonyl (C=O) groups excluding carboxylic acids is 4. The lowest BCUT2D eigenvalue weighted by Crippen LogP contribution is -2.49. The van der Waals surface area contributed by atoms with Crippen molar-refractivity contribution in [1.29, 1.82) is 0 Å². The molecule has 4 amide bonds. The molecule has 0 aliphatic rings. The molecule has 3 aromatic rings. The molecule has 12 heteroatoms. The molecule has 0 heterocycles. The predicted octanol–water partition coefficient (Wildman–Crippen LogP) is 4.09. The first-order valence-electron chi connectivity index (χ1n) is 14.8. The van der Waals surface area contributed by atoms with Gasteiger partial charge in [-0.25, -0.2) is 4.79 Å². The van der Waals surface area contributed by atoms with Gasteiger partial charge in [0.05, 0.1) is 13.1 Å². The maximum atomic E-state index is 12.0. The third-order valence-corrected chi connectivity index (χ3v) is 7.00. The normalized spacial score (nSPS) is 10.6. The molecule has 0 radical (unpaired) electrons. The van der Waals surface area contributed by atoms with E-state index in [9.17, 15) is 19.2 Å². The van der Waals surface area contributed by atoms with Gasteiger partial charge in [-0.1, -0.05) is 65.7 Å². The zero-order chi connectivity index (χ0) is 34.5. The fraction of sp³-hybridized carbons (Fsp3) is 0.353. The van der Waals surface area contributed by atoms with Crippen molar-refractivity contribution in [3.05, 3.63) is 99.6 Å². The average molecular weight is 656 g/mol. The molecule has 0 aliphatic heterocycles. The third kappa shape index (κ3) is 17.0. The Hall–Kier alpha value is -4.61. The monoisotopic (exact) mass is 655 g/mol. The van der Waals surface area contributed by atoms with E-state index in [1.807, 2.05) is 32.0 Å². The van der Waals surface area contributed by atoms with Crippen LogP contribution in [-0.2, 0) is 25.7 Å². The van der Waals surface area contributed by atoms with Gasteiger partial charge in [-0.2, -0.15) is 0 Å². The number of carbonyl (C=O) groups is 4. The molecular formula is C34H46ClN5O6. The molecule has 0 saturated heterocycles. The molecule has 0 saturated carbocycles. The molecule has 0 aromatic heterocycles. The second-order valence-corrected chi connectivity index (χ2v) is 10.9. The Labute approximate surface area is 276 Å². The van der Waals surface area contributed by atoms with Gasteiger partial charge >= 0.3 is 6.09 Å².